The number of hydrogen-bond acceptors (Lipinski definition) is 4. The molecule has 2 bridgehead atoms. The van der Waals surface area contributed by atoms with Crippen molar-refractivity contribution < 1.29 is 9.84 Å². The van der Waals surface area contributed by atoms with Crippen LogP contribution in [0.2, 0.25) is 5.02 Å². The second-order valence-corrected chi connectivity index (χ2v) is 8.51. The minimum atomic E-state index is -0.140. The van der Waals surface area contributed by atoms with Gasteiger partial charge in [-0.3, -0.25) is 9.69 Å². The molecule has 3 atom stereocenters. The number of rotatable bonds is 3. The summed E-state index contributed by atoms with van der Waals surface area (Å²) in [7, 11) is 0. The molecule has 28 heavy (non-hydrogen) atoms. The fraction of sp³-hybridized carbons (Fsp3) is 0.409. The van der Waals surface area contributed by atoms with E-state index in [4.69, 9.17) is 16.3 Å². The molecule has 3 aliphatic rings. The molecule has 0 aliphatic carbocycles. The van der Waals surface area contributed by atoms with Crippen molar-refractivity contribution in [2.24, 2.45) is 5.92 Å². The first kappa shape index (κ1) is 18.0. The van der Waals surface area contributed by atoms with Crippen LogP contribution < -0.4 is 10.3 Å². The van der Waals surface area contributed by atoms with Gasteiger partial charge < -0.3 is 14.4 Å². The molecule has 0 radical (unpaired) electrons. The van der Waals surface area contributed by atoms with Gasteiger partial charge in [0.2, 0.25) is 0 Å². The molecule has 0 amide bonds. The van der Waals surface area contributed by atoms with Crippen molar-refractivity contribution >= 4 is 17.7 Å². The zero-order valence-corrected chi connectivity index (χ0v) is 16.3. The lowest BCUT2D eigenvalue weighted by atomic mass is 9.78. The Bertz CT molecular complexity index is 1000. The van der Waals surface area contributed by atoms with E-state index in [2.05, 4.69) is 11.0 Å². The number of aliphatic hydroxyl groups is 1. The van der Waals surface area contributed by atoms with Crippen LogP contribution in [0.5, 0.6) is 5.75 Å². The van der Waals surface area contributed by atoms with Gasteiger partial charge in [0.05, 0.1) is 12.6 Å². The molecular formula is C22H23ClN2O3. The molecule has 5 rings (SSSR count). The molecule has 1 fully saturated rings. The van der Waals surface area contributed by atoms with Crippen molar-refractivity contribution in [3.8, 4) is 5.75 Å². The monoisotopic (exact) mass is 398 g/mol. The van der Waals surface area contributed by atoms with Crippen molar-refractivity contribution in [3.63, 3.8) is 0 Å². The van der Waals surface area contributed by atoms with Gasteiger partial charge in [0, 0.05) is 47.9 Å². The molecule has 5 nitrogen and oxygen atoms in total. The average molecular weight is 399 g/mol. The Kier molecular flexibility index (Phi) is 4.54. The van der Waals surface area contributed by atoms with Crippen LogP contribution in [0.15, 0.2) is 46.8 Å². The largest absolute Gasteiger partial charge is 0.489 e. The van der Waals surface area contributed by atoms with Crippen LogP contribution in [0.3, 0.4) is 0 Å². The summed E-state index contributed by atoms with van der Waals surface area (Å²) in [5.41, 5.74) is 3.30. The summed E-state index contributed by atoms with van der Waals surface area (Å²) in [5.74, 6) is 1.47. The van der Waals surface area contributed by atoms with E-state index in [9.17, 15) is 9.90 Å². The molecule has 0 unspecified atom stereocenters. The van der Waals surface area contributed by atoms with Gasteiger partial charge in [-0.2, -0.15) is 0 Å². The Morgan fingerprint density at radius 1 is 1.21 bits per heavy atom. The van der Waals surface area contributed by atoms with Crippen LogP contribution in [0.25, 0.3) is 6.08 Å². The van der Waals surface area contributed by atoms with Crippen molar-refractivity contribution in [2.45, 2.75) is 18.4 Å². The maximum absolute atomic E-state index is 12.4. The van der Waals surface area contributed by atoms with Gasteiger partial charge in [-0.25, -0.2) is 0 Å². The number of likely N-dealkylation sites (tertiary alicyclic amines) is 1. The minimum absolute atomic E-state index is 0.000170. The Morgan fingerprint density at radius 2 is 2.11 bits per heavy atom. The Labute approximate surface area is 168 Å². The lowest BCUT2D eigenvalue weighted by Crippen LogP contribution is -2.50. The first-order valence-electron chi connectivity index (χ1n) is 9.79. The molecule has 0 spiro atoms. The number of pyridine rings is 1. The highest BCUT2D eigenvalue weighted by Crippen LogP contribution is 2.41. The number of ether oxygens (including phenoxy) is 1. The Hall–Kier alpha value is -2.08. The normalized spacial score (nSPS) is 26.1. The van der Waals surface area contributed by atoms with E-state index in [0.29, 0.717) is 17.5 Å². The molecule has 6 heteroatoms. The highest BCUT2D eigenvalue weighted by molar-refractivity contribution is 6.30. The lowest BCUT2D eigenvalue weighted by Gasteiger charge is -2.46. The van der Waals surface area contributed by atoms with E-state index < -0.39 is 0 Å². The summed E-state index contributed by atoms with van der Waals surface area (Å²) >= 11 is 6.13. The summed E-state index contributed by atoms with van der Waals surface area (Å²) in [4.78, 5) is 14.8. The van der Waals surface area contributed by atoms with Gasteiger partial charge in [-0.15, -0.1) is 0 Å². The van der Waals surface area contributed by atoms with E-state index in [-0.39, 0.29) is 24.1 Å². The van der Waals surface area contributed by atoms with Crippen LogP contribution in [0.4, 0.5) is 0 Å². The van der Waals surface area contributed by atoms with Crippen molar-refractivity contribution in [3.05, 3.63) is 68.6 Å². The maximum atomic E-state index is 12.4. The highest BCUT2D eigenvalue weighted by atomic mass is 35.5. The summed E-state index contributed by atoms with van der Waals surface area (Å²) in [6.07, 6.45) is 3.20. The fourth-order valence-corrected chi connectivity index (χ4v) is 5.26. The number of benzene rings is 1. The van der Waals surface area contributed by atoms with Crippen LogP contribution in [0.1, 0.15) is 29.6 Å². The quantitative estimate of drug-likeness (QED) is 0.863. The van der Waals surface area contributed by atoms with Crippen LogP contribution in [0, 0.1) is 5.92 Å². The smallest absolute Gasteiger partial charge is 0.251 e. The summed E-state index contributed by atoms with van der Waals surface area (Å²) in [6.45, 7) is 3.20. The fourth-order valence-electron chi connectivity index (χ4n) is 5.07. The zero-order chi connectivity index (χ0) is 19.3. The predicted octanol–water partition coefficient (Wildman–Crippen LogP) is 2.93. The number of nitrogens with zero attached hydrogens (tertiary/aromatic N) is 2. The third kappa shape index (κ3) is 3.08. The van der Waals surface area contributed by atoms with E-state index in [0.717, 1.165) is 43.1 Å². The van der Waals surface area contributed by atoms with E-state index >= 15 is 0 Å². The Morgan fingerprint density at radius 3 is 2.96 bits per heavy atom. The summed E-state index contributed by atoms with van der Waals surface area (Å²) < 4.78 is 7.73. The lowest BCUT2D eigenvalue weighted by molar-refractivity contribution is 0.0653. The summed E-state index contributed by atoms with van der Waals surface area (Å²) in [5, 5.41) is 10.7. The van der Waals surface area contributed by atoms with Crippen LogP contribution >= 0.6 is 11.6 Å². The second kappa shape index (κ2) is 7.07. The predicted molar refractivity (Wildman–Crippen MR) is 109 cm³/mol. The number of fused-ring (bicyclic) bond motifs is 5. The third-order valence-electron chi connectivity index (χ3n) is 6.23. The molecule has 2 aromatic rings. The second-order valence-electron chi connectivity index (χ2n) is 8.07. The van der Waals surface area contributed by atoms with Crippen molar-refractivity contribution in [1.82, 2.24) is 9.47 Å². The van der Waals surface area contributed by atoms with Crippen LogP contribution in [-0.2, 0) is 0 Å². The van der Waals surface area contributed by atoms with Gasteiger partial charge in [0.15, 0.2) is 0 Å². The molecule has 1 N–H and O–H groups in total. The first-order chi connectivity index (χ1) is 13.6. The van der Waals surface area contributed by atoms with Gasteiger partial charge >= 0.3 is 0 Å². The number of halogens is 1. The van der Waals surface area contributed by atoms with Gasteiger partial charge in [0.1, 0.15) is 12.4 Å². The first-order valence-corrected chi connectivity index (χ1v) is 10.2. The van der Waals surface area contributed by atoms with Crippen LogP contribution in [-0.4, -0.2) is 47.4 Å². The molecular weight excluding hydrogens is 376 g/mol. The topological polar surface area (TPSA) is 54.7 Å². The molecule has 1 saturated heterocycles. The number of hydrogen-bond donors (Lipinski definition) is 1. The number of piperidine rings is 1. The molecule has 146 valence electrons. The van der Waals surface area contributed by atoms with Gasteiger partial charge in [-0.05, 0) is 48.3 Å². The average Bonchev–Trinajstić information content (AvgIpc) is 2.69. The highest BCUT2D eigenvalue weighted by Gasteiger charge is 2.40. The van der Waals surface area contributed by atoms with Crippen molar-refractivity contribution in [2.75, 3.05) is 32.8 Å². The SMILES string of the molecule is O=c1cccc2n1[C@@H](CO)[C@H]1C[C@@H]2CN(CC2=Cc3cc(Cl)ccc3OC2)C1. The third-order valence-corrected chi connectivity index (χ3v) is 6.47. The number of aliphatic hydroxyl groups excluding tert-OH is 1. The minimum Gasteiger partial charge on any atom is -0.489 e. The molecule has 1 aromatic heterocycles. The summed E-state index contributed by atoms with van der Waals surface area (Å²) in [6, 6.07) is 11.0. The molecule has 4 heterocycles. The molecule has 1 aromatic carbocycles. The van der Waals surface area contributed by atoms with Gasteiger partial charge in [-0.1, -0.05) is 17.7 Å². The van der Waals surface area contributed by atoms with E-state index in [1.54, 1.807) is 6.07 Å². The van der Waals surface area contributed by atoms with Gasteiger partial charge in [0.25, 0.3) is 5.56 Å². The molecule has 3 aliphatic heterocycles. The molecule has 0 saturated carbocycles. The number of aromatic nitrogens is 1. The van der Waals surface area contributed by atoms with E-state index in [1.165, 1.54) is 5.57 Å². The Balaban J connectivity index is 1.40. The standard InChI is InChI=1S/C22H23ClN2O3/c23-18-4-5-21-15(8-18)6-14(13-28-21)9-24-10-16-7-17(11-24)20(12-26)25-19(16)2-1-3-22(25)27/h1-6,8,16-17,20,26H,7,9-13H2/t16-,17+,20+/m1/s1. The van der Waals surface area contributed by atoms with E-state index in [1.807, 2.05) is 34.9 Å². The maximum Gasteiger partial charge on any atom is 0.251 e. The zero-order valence-electron chi connectivity index (χ0n) is 15.6. The van der Waals surface area contributed by atoms with Crippen molar-refractivity contribution in [1.29, 1.82) is 0 Å².